The predicted octanol–water partition coefficient (Wildman–Crippen LogP) is 2.15. The van der Waals surface area contributed by atoms with Gasteiger partial charge in [0.15, 0.2) is 0 Å². The molecule has 2 aromatic carbocycles. The van der Waals surface area contributed by atoms with Gasteiger partial charge in [0.25, 0.3) is 5.91 Å². The lowest BCUT2D eigenvalue weighted by Gasteiger charge is -2.32. The Labute approximate surface area is 158 Å². The molecule has 0 aromatic heterocycles. The van der Waals surface area contributed by atoms with Crippen molar-refractivity contribution in [3.8, 4) is 0 Å². The van der Waals surface area contributed by atoms with Crippen molar-refractivity contribution in [3.63, 3.8) is 0 Å². The summed E-state index contributed by atoms with van der Waals surface area (Å²) >= 11 is 0. The molecule has 1 unspecified atom stereocenters. The van der Waals surface area contributed by atoms with Crippen LogP contribution in [0.2, 0.25) is 0 Å². The maximum Gasteiger partial charge on any atom is 0.251 e. The van der Waals surface area contributed by atoms with Crippen molar-refractivity contribution in [1.29, 1.82) is 0 Å². The molecule has 1 atom stereocenters. The van der Waals surface area contributed by atoms with E-state index in [-0.39, 0.29) is 42.8 Å². The molecule has 1 aliphatic heterocycles. The second kappa shape index (κ2) is 8.60. The van der Waals surface area contributed by atoms with Crippen LogP contribution >= 0.6 is 0 Å². The molecule has 1 amide bonds. The monoisotopic (exact) mass is 392 g/mol. The summed E-state index contributed by atoms with van der Waals surface area (Å²) in [7, 11) is -3.78. The lowest BCUT2D eigenvalue weighted by atomic mass is 10.1. The normalized spacial score (nSPS) is 18.2. The molecule has 1 fully saturated rings. The van der Waals surface area contributed by atoms with Gasteiger partial charge in [-0.15, -0.1) is 0 Å². The van der Waals surface area contributed by atoms with E-state index in [1.54, 1.807) is 0 Å². The first-order valence-electron chi connectivity index (χ1n) is 8.63. The van der Waals surface area contributed by atoms with Crippen LogP contribution in [0.5, 0.6) is 0 Å². The Bertz CT molecular complexity index is 890. The third-order valence-electron chi connectivity index (χ3n) is 4.31. The molecule has 2 aromatic rings. The zero-order valence-electron chi connectivity index (χ0n) is 14.7. The van der Waals surface area contributed by atoms with E-state index in [1.807, 2.05) is 30.3 Å². The Balaban J connectivity index is 1.80. The standard InChI is InChI=1S/C19H21FN2O4S/c20-9-10-21-19(23)16-7-4-8-17(13-16)27(24,25)22-11-12-26-18(14-22)15-5-2-1-3-6-15/h1-8,13,18H,9-12,14H2,(H,21,23). The lowest BCUT2D eigenvalue weighted by molar-refractivity contribution is -0.00255. The van der Waals surface area contributed by atoms with Gasteiger partial charge in [0.1, 0.15) is 6.67 Å². The third kappa shape index (κ3) is 4.52. The fourth-order valence-corrected chi connectivity index (χ4v) is 4.39. The van der Waals surface area contributed by atoms with Gasteiger partial charge in [-0.25, -0.2) is 12.8 Å². The summed E-state index contributed by atoms with van der Waals surface area (Å²) in [5, 5.41) is 2.39. The van der Waals surface area contributed by atoms with Gasteiger partial charge in [-0.3, -0.25) is 4.79 Å². The molecule has 1 saturated heterocycles. The molecule has 6 nitrogen and oxygen atoms in total. The number of ether oxygens (including phenoxy) is 1. The number of hydrogen-bond acceptors (Lipinski definition) is 4. The number of nitrogens with zero attached hydrogens (tertiary/aromatic N) is 1. The topological polar surface area (TPSA) is 75.7 Å². The summed E-state index contributed by atoms with van der Waals surface area (Å²) in [6.07, 6.45) is -0.342. The average molecular weight is 392 g/mol. The van der Waals surface area contributed by atoms with E-state index in [0.29, 0.717) is 0 Å². The van der Waals surface area contributed by atoms with Crippen molar-refractivity contribution in [1.82, 2.24) is 9.62 Å². The first kappa shape index (κ1) is 19.5. The molecule has 144 valence electrons. The quantitative estimate of drug-likeness (QED) is 0.817. The minimum atomic E-state index is -3.78. The smallest absolute Gasteiger partial charge is 0.251 e. The molecule has 1 heterocycles. The Morgan fingerprint density at radius 2 is 1.96 bits per heavy atom. The Hall–Kier alpha value is -2.29. The second-order valence-corrected chi connectivity index (χ2v) is 8.04. The number of halogens is 1. The molecule has 0 saturated carbocycles. The molecule has 3 rings (SSSR count). The van der Waals surface area contributed by atoms with Crippen LogP contribution in [0.3, 0.4) is 0 Å². The number of rotatable bonds is 6. The van der Waals surface area contributed by atoms with E-state index >= 15 is 0 Å². The SMILES string of the molecule is O=C(NCCF)c1cccc(S(=O)(=O)N2CCOC(c3ccccc3)C2)c1. The maximum absolute atomic E-state index is 13.0. The largest absolute Gasteiger partial charge is 0.371 e. The highest BCUT2D eigenvalue weighted by Crippen LogP contribution is 2.26. The Kier molecular flexibility index (Phi) is 6.20. The third-order valence-corrected chi connectivity index (χ3v) is 6.18. The van der Waals surface area contributed by atoms with Crippen molar-refractivity contribution in [2.24, 2.45) is 0 Å². The van der Waals surface area contributed by atoms with Crippen molar-refractivity contribution < 1.29 is 22.3 Å². The van der Waals surface area contributed by atoms with Crippen LogP contribution in [0.15, 0.2) is 59.5 Å². The number of benzene rings is 2. The summed E-state index contributed by atoms with van der Waals surface area (Å²) in [5.41, 5.74) is 1.09. The number of amides is 1. The zero-order chi connectivity index (χ0) is 19.3. The number of morpholine rings is 1. The van der Waals surface area contributed by atoms with Crippen molar-refractivity contribution in [2.75, 3.05) is 32.9 Å². The summed E-state index contributed by atoms with van der Waals surface area (Å²) in [4.78, 5) is 12.0. The Morgan fingerprint density at radius 1 is 1.19 bits per heavy atom. The number of alkyl halides is 1. The molecule has 0 spiro atoms. The maximum atomic E-state index is 13.0. The minimum Gasteiger partial charge on any atom is -0.371 e. The second-order valence-electron chi connectivity index (χ2n) is 6.11. The molecule has 1 aliphatic rings. The zero-order valence-corrected chi connectivity index (χ0v) is 15.5. The molecule has 0 bridgehead atoms. The number of nitrogens with one attached hydrogen (secondary N) is 1. The van der Waals surface area contributed by atoms with Crippen molar-refractivity contribution >= 4 is 15.9 Å². The molecule has 0 radical (unpaired) electrons. The first-order chi connectivity index (χ1) is 13.0. The molecule has 27 heavy (non-hydrogen) atoms. The number of sulfonamides is 1. The minimum absolute atomic E-state index is 0.0316. The highest BCUT2D eigenvalue weighted by atomic mass is 32.2. The predicted molar refractivity (Wildman–Crippen MR) is 98.6 cm³/mol. The molecular formula is C19H21FN2O4S. The number of carbonyl (C=O) groups is 1. The van der Waals surface area contributed by atoms with E-state index in [2.05, 4.69) is 5.32 Å². The van der Waals surface area contributed by atoms with E-state index in [0.717, 1.165) is 5.56 Å². The van der Waals surface area contributed by atoms with E-state index < -0.39 is 22.6 Å². The summed E-state index contributed by atoms with van der Waals surface area (Å²) in [6.45, 7) is -0.0690. The number of carbonyl (C=O) groups excluding carboxylic acids is 1. The lowest BCUT2D eigenvalue weighted by Crippen LogP contribution is -2.42. The average Bonchev–Trinajstić information content (AvgIpc) is 2.73. The van der Waals surface area contributed by atoms with Gasteiger partial charge in [-0.05, 0) is 23.8 Å². The van der Waals surface area contributed by atoms with Crippen LogP contribution < -0.4 is 5.32 Å². The van der Waals surface area contributed by atoms with Crippen LogP contribution in [0.1, 0.15) is 22.0 Å². The highest BCUT2D eigenvalue weighted by molar-refractivity contribution is 7.89. The summed E-state index contributed by atoms with van der Waals surface area (Å²) < 4.78 is 45.4. The van der Waals surface area contributed by atoms with Crippen LogP contribution in [0.25, 0.3) is 0 Å². The first-order valence-corrected chi connectivity index (χ1v) is 10.1. The van der Waals surface area contributed by atoms with E-state index in [1.165, 1.54) is 28.6 Å². The Morgan fingerprint density at radius 3 is 2.70 bits per heavy atom. The van der Waals surface area contributed by atoms with Crippen LogP contribution in [-0.4, -0.2) is 51.5 Å². The molecule has 0 aliphatic carbocycles. The number of hydrogen-bond donors (Lipinski definition) is 1. The molecule has 8 heteroatoms. The van der Waals surface area contributed by atoms with Gasteiger partial charge >= 0.3 is 0 Å². The van der Waals surface area contributed by atoms with Gasteiger partial charge in [0.2, 0.25) is 10.0 Å². The van der Waals surface area contributed by atoms with Gasteiger partial charge in [-0.1, -0.05) is 36.4 Å². The summed E-state index contributed by atoms with van der Waals surface area (Å²) in [6, 6.07) is 15.2. The highest BCUT2D eigenvalue weighted by Gasteiger charge is 2.31. The van der Waals surface area contributed by atoms with E-state index in [4.69, 9.17) is 4.74 Å². The van der Waals surface area contributed by atoms with Gasteiger partial charge in [-0.2, -0.15) is 4.31 Å². The van der Waals surface area contributed by atoms with Crippen molar-refractivity contribution in [3.05, 3.63) is 65.7 Å². The summed E-state index contributed by atoms with van der Waals surface area (Å²) in [5.74, 6) is -0.506. The van der Waals surface area contributed by atoms with Gasteiger partial charge < -0.3 is 10.1 Å². The van der Waals surface area contributed by atoms with Crippen LogP contribution in [0, 0.1) is 0 Å². The van der Waals surface area contributed by atoms with Crippen LogP contribution in [-0.2, 0) is 14.8 Å². The van der Waals surface area contributed by atoms with Gasteiger partial charge in [0.05, 0.1) is 17.6 Å². The van der Waals surface area contributed by atoms with Crippen molar-refractivity contribution in [2.45, 2.75) is 11.0 Å². The molecular weight excluding hydrogens is 371 g/mol. The molecule has 1 N–H and O–H groups in total. The fraction of sp³-hybridized carbons (Fsp3) is 0.316. The fourth-order valence-electron chi connectivity index (χ4n) is 2.92. The van der Waals surface area contributed by atoms with E-state index in [9.17, 15) is 17.6 Å². The van der Waals surface area contributed by atoms with Gasteiger partial charge in [0, 0.05) is 25.2 Å². The van der Waals surface area contributed by atoms with Crippen LogP contribution in [0.4, 0.5) is 4.39 Å².